The summed E-state index contributed by atoms with van der Waals surface area (Å²) in [4.78, 5) is 12.5. The normalized spacial score (nSPS) is 17.7. The topological polar surface area (TPSA) is 17.1 Å². The minimum absolute atomic E-state index is 0.453. The van der Waals surface area contributed by atoms with Crippen LogP contribution in [0.1, 0.15) is 31.2 Å². The van der Waals surface area contributed by atoms with Gasteiger partial charge in [0.05, 0.1) is 0 Å². The van der Waals surface area contributed by atoms with E-state index < -0.39 is 0 Å². The van der Waals surface area contributed by atoms with Crippen molar-refractivity contribution in [3.63, 3.8) is 0 Å². The predicted octanol–water partition coefficient (Wildman–Crippen LogP) is 3.71. The summed E-state index contributed by atoms with van der Waals surface area (Å²) in [6.07, 6.45) is 7.01. The van der Waals surface area contributed by atoms with Gasteiger partial charge in [0.2, 0.25) is 0 Å². The Kier molecular flexibility index (Phi) is 4.05. The zero-order valence-electron chi connectivity index (χ0n) is 9.74. The molecule has 2 heteroatoms. The molecule has 0 heterocycles. The first-order valence-corrected chi connectivity index (χ1v) is 7.15. The molecule has 0 radical (unpaired) electrons. The minimum atomic E-state index is 0.453. The Morgan fingerprint density at radius 1 is 1.19 bits per heavy atom. The first-order chi connectivity index (χ1) is 7.78. The summed E-state index contributed by atoms with van der Waals surface area (Å²) in [5.41, 5.74) is 1.41. The molecule has 0 aromatic heterocycles. The largest absolute Gasteiger partial charge is 0.300 e. The number of hydrogen-bond donors (Lipinski definition) is 0. The van der Waals surface area contributed by atoms with Gasteiger partial charge in [0.25, 0.3) is 0 Å². The Bertz CT molecular complexity index is 346. The molecular formula is C14H18OS. The Morgan fingerprint density at radius 3 is 2.38 bits per heavy atom. The van der Waals surface area contributed by atoms with Crippen LogP contribution in [0.4, 0.5) is 0 Å². The molecule has 0 unspecified atom stereocenters. The molecule has 86 valence electrons. The fourth-order valence-electron chi connectivity index (χ4n) is 2.30. The third kappa shape index (κ3) is 3.11. The highest BCUT2D eigenvalue weighted by Crippen LogP contribution is 2.25. The second-order valence-corrected chi connectivity index (χ2v) is 5.41. The Balaban J connectivity index is 1.90. The lowest BCUT2D eigenvalue weighted by Gasteiger charge is -2.20. The van der Waals surface area contributed by atoms with Gasteiger partial charge in [0, 0.05) is 17.7 Å². The van der Waals surface area contributed by atoms with E-state index in [9.17, 15) is 4.79 Å². The van der Waals surface area contributed by atoms with Crippen molar-refractivity contribution in [1.82, 2.24) is 0 Å². The number of thioether (sulfide) groups is 1. The van der Waals surface area contributed by atoms with E-state index in [1.165, 1.54) is 10.5 Å². The molecule has 0 bridgehead atoms. The maximum absolute atomic E-state index is 11.1. The van der Waals surface area contributed by atoms with Gasteiger partial charge in [-0.25, -0.2) is 0 Å². The summed E-state index contributed by atoms with van der Waals surface area (Å²) in [6.45, 7) is 0. The Hall–Kier alpha value is -0.760. The van der Waals surface area contributed by atoms with Crippen LogP contribution in [0.25, 0.3) is 0 Å². The lowest BCUT2D eigenvalue weighted by Crippen LogP contribution is -2.15. The lowest BCUT2D eigenvalue weighted by molar-refractivity contribution is -0.120. The average Bonchev–Trinajstić information content (AvgIpc) is 2.33. The standard InChI is InChI=1S/C14H18OS/c1-16-14-8-4-12(5-9-14)10-11-2-6-13(15)7-3-11/h4-5,8-9,11H,2-3,6-7,10H2,1H3. The van der Waals surface area contributed by atoms with Crippen LogP contribution >= 0.6 is 11.8 Å². The Labute approximate surface area is 102 Å². The summed E-state index contributed by atoms with van der Waals surface area (Å²) >= 11 is 1.78. The molecule has 1 aliphatic carbocycles. The van der Waals surface area contributed by atoms with Gasteiger partial charge >= 0.3 is 0 Å². The van der Waals surface area contributed by atoms with E-state index >= 15 is 0 Å². The molecule has 0 amide bonds. The number of hydrogen-bond acceptors (Lipinski definition) is 2. The number of Topliss-reactive ketones (excluding diaryl/α,β-unsaturated/α-hetero) is 1. The molecule has 1 aromatic rings. The van der Waals surface area contributed by atoms with Crippen molar-refractivity contribution in [3.05, 3.63) is 29.8 Å². The van der Waals surface area contributed by atoms with Crippen LogP contribution in [-0.4, -0.2) is 12.0 Å². The number of ketones is 1. The van der Waals surface area contributed by atoms with E-state index in [0.717, 1.165) is 38.0 Å². The maximum atomic E-state index is 11.1. The SMILES string of the molecule is CSc1ccc(CC2CCC(=O)CC2)cc1. The molecule has 0 N–H and O–H groups in total. The van der Waals surface area contributed by atoms with Crippen molar-refractivity contribution in [2.75, 3.05) is 6.26 Å². The zero-order chi connectivity index (χ0) is 11.4. The van der Waals surface area contributed by atoms with Gasteiger partial charge in [-0.3, -0.25) is 4.79 Å². The highest BCUT2D eigenvalue weighted by molar-refractivity contribution is 7.98. The van der Waals surface area contributed by atoms with Gasteiger partial charge in [-0.15, -0.1) is 11.8 Å². The van der Waals surface area contributed by atoms with E-state index in [1.807, 2.05) is 0 Å². The molecule has 1 aromatic carbocycles. The van der Waals surface area contributed by atoms with E-state index in [4.69, 9.17) is 0 Å². The van der Waals surface area contributed by atoms with Crippen LogP contribution in [0.2, 0.25) is 0 Å². The summed E-state index contributed by atoms with van der Waals surface area (Å²) < 4.78 is 0. The van der Waals surface area contributed by atoms with Gasteiger partial charge < -0.3 is 0 Å². The number of carbonyl (C=O) groups is 1. The van der Waals surface area contributed by atoms with Crippen molar-refractivity contribution in [3.8, 4) is 0 Å². The van der Waals surface area contributed by atoms with Gasteiger partial charge in [-0.1, -0.05) is 12.1 Å². The first-order valence-electron chi connectivity index (χ1n) is 5.92. The first kappa shape index (κ1) is 11.7. The van der Waals surface area contributed by atoms with Crippen molar-refractivity contribution < 1.29 is 4.79 Å². The van der Waals surface area contributed by atoms with Crippen LogP contribution in [0, 0.1) is 5.92 Å². The van der Waals surface area contributed by atoms with E-state index in [0.29, 0.717) is 5.78 Å². The van der Waals surface area contributed by atoms with E-state index in [1.54, 1.807) is 11.8 Å². The van der Waals surface area contributed by atoms with E-state index in [2.05, 4.69) is 30.5 Å². The molecule has 0 atom stereocenters. The molecule has 1 aliphatic rings. The smallest absolute Gasteiger partial charge is 0.132 e. The molecule has 2 rings (SSSR count). The molecule has 1 fully saturated rings. The van der Waals surface area contributed by atoms with Crippen LogP contribution in [0.15, 0.2) is 29.2 Å². The molecular weight excluding hydrogens is 216 g/mol. The van der Waals surface area contributed by atoms with Gasteiger partial charge in [-0.2, -0.15) is 0 Å². The van der Waals surface area contributed by atoms with Crippen molar-refractivity contribution in [2.45, 2.75) is 37.0 Å². The molecule has 0 aliphatic heterocycles. The third-order valence-electron chi connectivity index (χ3n) is 3.35. The summed E-state index contributed by atoms with van der Waals surface area (Å²) in [5.74, 6) is 1.17. The second-order valence-electron chi connectivity index (χ2n) is 4.53. The fourth-order valence-corrected chi connectivity index (χ4v) is 2.71. The average molecular weight is 234 g/mol. The summed E-state index contributed by atoms with van der Waals surface area (Å²) in [7, 11) is 0. The second kappa shape index (κ2) is 5.53. The van der Waals surface area contributed by atoms with Gasteiger partial charge in [0.15, 0.2) is 0 Å². The monoisotopic (exact) mass is 234 g/mol. The van der Waals surface area contributed by atoms with Gasteiger partial charge in [-0.05, 0) is 49.1 Å². The van der Waals surface area contributed by atoms with Crippen molar-refractivity contribution >= 4 is 17.5 Å². The third-order valence-corrected chi connectivity index (χ3v) is 4.09. The lowest BCUT2D eigenvalue weighted by atomic mass is 9.84. The number of carbonyl (C=O) groups excluding carboxylic acids is 1. The Morgan fingerprint density at radius 2 is 1.81 bits per heavy atom. The van der Waals surface area contributed by atoms with Crippen molar-refractivity contribution in [2.24, 2.45) is 5.92 Å². The highest BCUT2D eigenvalue weighted by Gasteiger charge is 2.18. The van der Waals surface area contributed by atoms with Crippen molar-refractivity contribution in [1.29, 1.82) is 0 Å². The molecule has 16 heavy (non-hydrogen) atoms. The van der Waals surface area contributed by atoms with Crippen LogP contribution < -0.4 is 0 Å². The minimum Gasteiger partial charge on any atom is -0.300 e. The quantitative estimate of drug-likeness (QED) is 0.742. The highest BCUT2D eigenvalue weighted by atomic mass is 32.2. The summed E-state index contributed by atoms with van der Waals surface area (Å²) in [5, 5.41) is 0. The van der Waals surface area contributed by atoms with Gasteiger partial charge in [0.1, 0.15) is 5.78 Å². The number of benzene rings is 1. The van der Waals surface area contributed by atoms with E-state index in [-0.39, 0.29) is 0 Å². The summed E-state index contributed by atoms with van der Waals surface area (Å²) in [6, 6.07) is 8.83. The zero-order valence-corrected chi connectivity index (χ0v) is 10.6. The van der Waals surface area contributed by atoms with Crippen LogP contribution in [-0.2, 0) is 11.2 Å². The molecule has 1 nitrogen and oxygen atoms in total. The predicted molar refractivity (Wildman–Crippen MR) is 68.9 cm³/mol. The maximum Gasteiger partial charge on any atom is 0.132 e. The fraction of sp³-hybridized carbons (Fsp3) is 0.500. The molecule has 0 spiro atoms. The molecule has 0 saturated heterocycles. The van der Waals surface area contributed by atoms with Crippen LogP contribution in [0.5, 0.6) is 0 Å². The molecule has 1 saturated carbocycles. The number of rotatable bonds is 3. The van der Waals surface area contributed by atoms with Crippen LogP contribution in [0.3, 0.4) is 0 Å².